The van der Waals surface area contributed by atoms with E-state index in [0.29, 0.717) is 5.56 Å². The average molecular weight is 328 g/mol. The molecule has 1 aromatic carbocycles. The van der Waals surface area contributed by atoms with Crippen molar-refractivity contribution in [2.45, 2.75) is 24.8 Å². The summed E-state index contributed by atoms with van der Waals surface area (Å²) in [5.74, 6) is -0.611. The zero-order valence-electron chi connectivity index (χ0n) is 12.0. The predicted molar refractivity (Wildman–Crippen MR) is 83.2 cm³/mol. The third kappa shape index (κ3) is 2.95. The van der Waals surface area contributed by atoms with Gasteiger partial charge in [-0.2, -0.15) is 4.31 Å². The number of hydrogen-bond acceptors (Lipinski definition) is 4. The molecule has 0 saturated carbocycles. The van der Waals surface area contributed by atoms with E-state index in [1.165, 1.54) is 28.8 Å². The number of rotatable bonds is 4. The Morgan fingerprint density at radius 2 is 2.05 bits per heavy atom. The molecule has 1 atom stereocenters. The number of benzene rings is 1. The number of aryl methyl sites for hydroxylation is 1. The predicted octanol–water partition coefficient (Wildman–Crippen LogP) is 3.16. The molecular formula is C14H17FN2O2S2. The van der Waals surface area contributed by atoms with Crippen molar-refractivity contribution in [3.8, 4) is 0 Å². The summed E-state index contributed by atoms with van der Waals surface area (Å²) >= 11 is 1.49. The summed E-state index contributed by atoms with van der Waals surface area (Å²) in [7, 11) is -2.23. The van der Waals surface area contributed by atoms with Gasteiger partial charge in [0.15, 0.2) is 0 Å². The van der Waals surface area contributed by atoms with Gasteiger partial charge in [-0.25, -0.2) is 12.8 Å². The van der Waals surface area contributed by atoms with E-state index < -0.39 is 15.8 Å². The summed E-state index contributed by atoms with van der Waals surface area (Å²) in [6, 6.07) is 5.77. The van der Waals surface area contributed by atoms with Crippen LogP contribution in [0.1, 0.15) is 23.4 Å². The summed E-state index contributed by atoms with van der Waals surface area (Å²) < 4.78 is 40.1. The average Bonchev–Trinajstić information content (AvgIpc) is 2.95. The lowest BCUT2D eigenvalue weighted by molar-refractivity contribution is 0.402. The number of halogens is 1. The number of sulfonamides is 1. The van der Waals surface area contributed by atoms with Gasteiger partial charge >= 0.3 is 0 Å². The van der Waals surface area contributed by atoms with Crippen molar-refractivity contribution in [2.24, 2.45) is 0 Å². The van der Waals surface area contributed by atoms with Crippen molar-refractivity contribution < 1.29 is 12.8 Å². The molecule has 4 nitrogen and oxygen atoms in total. The van der Waals surface area contributed by atoms with Gasteiger partial charge in [-0.05, 0) is 43.0 Å². The van der Waals surface area contributed by atoms with E-state index in [1.54, 1.807) is 6.92 Å². The molecule has 0 spiro atoms. The minimum absolute atomic E-state index is 0.0345. The summed E-state index contributed by atoms with van der Waals surface area (Å²) in [6.07, 6.45) is 0. The molecule has 1 heterocycles. The molecule has 2 aromatic rings. The van der Waals surface area contributed by atoms with Gasteiger partial charge in [-0.15, -0.1) is 11.3 Å². The molecule has 2 N–H and O–H groups in total. The van der Waals surface area contributed by atoms with Gasteiger partial charge in [0.25, 0.3) is 0 Å². The van der Waals surface area contributed by atoms with Crippen LogP contribution in [0.3, 0.4) is 0 Å². The molecule has 1 aromatic heterocycles. The van der Waals surface area contributed by atoms with Gasteiger partial charge in [0, 0.05) is 11.9 Å². The van der Waals surface area contributed by atoms with Gasteiger partial charge in [0.05, 0.1) is 16.6 Å². The Balaban J connectivity index is 2.45. The van der Waals surface area contributed by atoms with E-state index in [-0.39, 0.29) is 16.6 Å². The number of nitrogens with zero attached hydrogens (tertiary/aromatic N) is 1. The van der Waals surface area contributed by atoms with E-state index in [1.807, 2.05) is 24.4 Å². The Bertz CT molecular complexity index is 743. The fourth-order valence-electron chi connectivity index (χ4n) is 2.02. The Hall–Kier alpha value is -1.44. The molecule has 0 radical (unpaired) electrons. The second-order valence-corrected chi connectivity index (χ2v) is 7.80. The molecule has 0 saturated heterocycles. The molecular weight excluding hydrogens is 311 g/mol. The van der Waals surface area contributed by atoms with Crippen LogP contribution in [-0.4, -0.2) is 19.8 Å². The van der Waals surface area contributed by atoms with E-state index in [9.17, 15) is 12.8 Å². The molecule has 0 amide bonds. The molecule has 0 bridgehead atoms. The fourth-order valence-corrected chi connectivity index (χ4v) is 4.49. The van der Waals surface area contributed by atoms with Crippen LogP contribution >= 0.6 is 11.3 Å². The highest BCUT2D eigenvalue weighted by Gasteiger charge is 2.28. The lowest BCUT2D eigenvalue weighted by Crippen LogP contribution is -2.30. The number of nitrogens with two attached hydrogens (primary N) is 1. The second kappa shape index (κ2) is 5.75. The van der Waals surface area contributed by atoms with Crippen molar-refractivity contribution in [3.63, 3.8) is 0 Å². The van der Waals surface area contributed by atoms with Gasteiger partial charge in [-0.1, -0.05) is 6.07 Å². The molecule has 0 aliphatic carbocycles. The van der Waals surface area contributed by atoms with Crippen LogP contribution in [0.15, 0.2) is 34.5 Å². The number of thiophene rings is 1. The quantitative estimate of drug-likeness (QED) is 0.877. The maximum Gasteiger partial charge on any atom is 0.243 e. The lowest BCUT2D eigenvalue weighted by atomic mass is 10.2. The Morgan fingerprint density at radius 1 is 1.38 bits per heavy atom. The van der Waals surface area contributed by atoms with Crippen LogP contribution in [0.25, 0.3) is 0 Å². The van der Waals surface area contributed by atoms with E-state index in [2.05, 4.69) is 0 Å². The zero-order valence-corrected chi connectivity index (χ0v) is 13.6. The Morgan fingerprint density at radius 3 is 2.62 bits per heavy atom. The molecule has 7 heteroatoms. The van der Waals surface area contributed by atoms with Crippen LogP contribution in [0.4, 0.5) is 10.1 Å². The number of nitrogen functional groups attached to an aromatic ring is 1. The molecule has 2 rings (SSSR count). The van der Waals surface area contributed by atoms with Crippen LogP contribution in [-0.2, 0) is 10.0 Å². The van der Waals surface area contributed by atoms with E-state index >= 15 is 0 Å². The van der Waals surface area contributed by atoms with Crippen molar-refractivity contribution in [1.29, 1.82) is 0 Å². The van der Waals surface area contributed by atoms with E-state index in [4.69, 9.17) is 5.73 Å². The van der Waals surface area contributed by atoms with Gasteiger partial charge in [-0.3, -0.25) is 0 Å². The third-order valence-corrected chi connectivity index (χ3v) is 6.56. The van der Waals surface area contributed by atoms with Gasteiger partial charge in [0.2, 0.25) is 10.0 Å². The lowest BCUT2D eigenvalue weighted by Gasteiger charge is -2.24. The largest absolute Gasteiger partial charge is 0.396 e. The topological polar surface area (TPSA) is 63.4 Å². The van der Waals surface area contributed by atoms with Gasteiger partial charge < -0.3 is 5.73 Å². The highest BCUT2D eigenvalue weighted by molar-refractivity contribution is 7.89. The first kappa shape index (κ1) is 15.9. The fraction of sp³-hybridized carbons (Fsp3) is 0.286. The van der Waals surface area contributed by atoms with Crippen LogP contribution in [0.5, 0.6) is 0 Å². The minimum atomic E-state index is -3.74. The first-order valence-corrected chi connectivity index (χ1v) is 8.64. The van der Waals surface area contributed by atoms with E-state index in [0.717, 1.165) is 10.9 Å². The number of hydrogen-bond donors (Lipinski definition) is 1. The molecule has 21 heavy (non-hydrogen) atoms. The van der Waals surface area contributed by atoms with Crippen molar-refractivity contribution in [1.82, 2.24) is 4.31 Å². The second-order valence-electron chi connectivity index (χ2n) is 4.85. The van der Waals surface area contributed by atoms with Gasteiger partial charge in [0.1, 0.15) is 5.82 Å². The standard InChI is InChI=1S/C14H17FN2O2S2/c1-9-7-11(15)12(16)8-14(9)21(18,19)17(3)10(2)13-5-4-6-20-13/h4-8,10H,16H2,1-3H3. The summed E-state index contributed by atoms with van der Waals surface area (Å²) in [4.78, 5) is 0.973. The van der Waals surface area contributed by atoms with Crippen LogP contribution < -0.4 is 5.73 Å². The number of anilines is 1. The maximum atomic E-state index is 13.4. The third-order valence-electron chi connectivity index (χ3n) is 3.45. The normalized spacial score (nSPS) is 13.6. The SMILES string of the molecule is Cc1cc(F)c(N)cc1S(=O)(=O)N(C)C(C)c1cccs1. The van der Waals surface area contributed by atoms with Crippen molar-refractivity contribution >= 4 is 27.0 Å². The monoisotopic (exact) mass is 328 g/mol. The minimum Gasteiger partial charge on any atom is -0.396 e. The van der Waals surface area contributed by atoms with Crippen LogP contribution in [0, 0.1) is 12.7 Å². The zero-order chi connectivity index (χ0) is 15.8. The molecule has 0 fully saturated rings. The highest BCUT2D eigenvalue weighted by Crippen LogP contribution is 2.31. The summed E-state index contributed by atoms with van der Waals surface area (Å²) in [5, 5.41) is 1.90. The molecule has 1 unspecified atom stereocenters. The first-order chi connectivity index (χ1) is 9.75. The molecule has 0 aliphatic heterocycles. The summed E-state index contributed by atoms with van der Waals surface area (Å²) in [5.41, 5.74) is 5.67. The van der Waals surface area contributed by atoms with Crippen molar-refractivity contribution in [3.05, 3.63) is 45.9 Å². The highest BCUT2D eigenvalue weighted by atomic mass is 32.2. The Kier molecular flexibility index (Phi) is 4.36. The Labute approximate surface area is 128 Å². The first-order valence-electron chi connectivity index (χ1n) is 6.32. The maximum absolute atomic E-state index is 13.4. The van der Waals surface area contributed by atoms with Crippen LogP contribution in [0.2, 0.25) is 0 Å². The molecule has 114 valence electrons. The summed E-state index contributed by atoms with van der Waals surface area (Å²) in [6.45, 7) is 3.37. The van der Waals surface area contributed by atoms with Crippen molar-refractivity contribution in [2.75, 3.05) is 12.8 Å². The molecule has 0 aliphatic rings. The smallest absolute Gasteiger partial charge is 0.243 e.